The van der Waals surface area contributed by atoms with E-state index in [1.807, 2.05) is 45.9 Å². The highest BCUT2D eigenvalue weighted by atomic mass is 16.5. The first kappa shape index (κ1) is 39.0. The molecule has 1 N–H and O–H groups in total. The molecule has 2 aromatic carbocycles. The van der Waals surface area contributed by atoms with Crippen molar-refractivity contribution in [2.75, 3.05) is 20.3 Å². The van der Waals surface area contributed by atoms with Crippen LogP contribution < -0.4 is 4.74 Å². The van der Waals surface area contributed by atoms with E-state index in [4.69, 9.17) is 14.2 Å². The highest BCUT2D eigenvalue weighted by Gasteiger charge is 2.48. The zero-order chi connectivity index (χ0) is 33.2. The molecule has 2 aromatic rings. The minimum absolute atomic E-state index is 0.0656. The van der Waals surface area contributed by atoms with Crippen LogP contribution in [-0.2, 0) is 9.47 Å². The molecular weight excluding hydrogens is 532 g/mol. The van der Waals surface area contributed by atoms with E-state index < -0.39 is 0 Å². The zero-order valence-electron chi connectivity index (χ0n) is 30.4. The van der Waals surface area contributed by atoms with Gasteiger partial charge in [0, 0.05) is 13.2 Å². The average molecular weight is 599 g/mol. The third-order valence-corrected chi connectivity index (χ3v) is 8.86. The second-order valence-electron chi connectivity index (χ2n) is 15.1. The number of aromatic hydroxyl groups is 1. The second kappa shape index (κ2) is 16.3. The molecule has 2 heterocycles. The van der Waals surface area contributed by atoms with Crippen molar-refractivity contribution < 1.29 is 19.3 Å². The van der Waals surface area contributed by atoms with Crippen LogP contribution in [0.3, 0.4) is 0 Å². The molecule has 0 aliphatic carbocycles. The fraction of sp³-hybridized carbons (Fsp3) is 0.692. The number of hydrogen-bond acceptors (Lipinski definition) is 4. The van der Waals surface area contributed by atoms with Gasteiger partial charge in [0.05, 0.1) is 19.3 Å². The van der Waals surface area contributed by atoms with Crippen LogP contribution in [0.1, 0.15) is 133 Å². The zero-order valence-corrected chi connectivity index (χ0v) is 30.4. The van der Waals surface area contributed by atoms with Gasteiger partial charge in [-0.25, -0.2) is 0 Å². The van der Waals surface area contributed by atoms with Gasteiger partial charge in [-0.1, -0.05) is 121 Å². The summed E-state index contributed by atoms with van der Waals surface area (Å²) in [5, 5.41) is 9.71. The van der Waals surface area contributed by atoms with E-state index in [9.17, 15) is 5.11 Å². The molecule has 2 aliphatic heterocycles. The molecule has 4 atom stereocenters. The average Bonchev–Trinajstić information content (AvgIpc) is 2.93. The summed E-state index contributed by atoms with van der Waals surface area (Å²) >= 11 is 0. The van der Waals surface area contributed by atoms with Crippen molar-refractivity contribution in [1.29, 1.82) is 0 Å². The Bertz CT molecular complexity index is 1070. The third kappa shape index (κ3) is 10.5. The Morgan fingerprint density at radius 1 is 0.674 bits per heavy atom. The topological polar surface area (TPSA) is 47.9 Å². The first-order chi connectivity index (χ1) is 20.0. The number of hydrogen-bond donors (Lipinski definition) is 1. The van der Waals surface area contributed by atoms with Crippen LogP contribution in [0.2, 0.25) is 0 Å². The molecule has 43 heavy (non-hydrogen) atoms. The van der Waals surface area contributed by atoms with Gasteiger partial charge in [-0.3, -0.25) is 0 Å². The largest absolute Gasteiger partial charge is 0.508 e. The van der Waals surface area contributed by atoms with Crippen LogP contribution >= 0.6 is 0 Å². The smallest absolute Gasteiger partial charge is 0.119 e. The Morgan fingerprint density at radius 3 is 1.44 bits per heavy atom. The Hall–Kier alpha value is -2.04. The Labute approximate surface area is 265 Å². The molecule has 4 unspecified atom stereocenters. The lowest BCUT2D eigenvalue weighted by atomic mass is 9.60. The van der Waals surface area contributed by atoms with Gasteiger partial charge >= 0.3 is 0 Å². The fourth-order valence-electron chi connectivity index (χ4n) is 7.57. The summed E-state index contributed by atoms with van der Waals surface area (Å²) in [6.07, 6.45) is 2.42. The molecule has 0 spiro atoms. The van der Waals surface area contributed by atoms with E-state index >= 15 is 0 Å². The van der Waals surface area contributed by atoms with E-state index in [0.717, 1.165) is 37.4 Å². The van der Waals surface area contributed by atoms with Crippen molar-refractivity contribution in [3.63, 3.8) is 0 Å². The maximum atomic E-state index is 9.71. The molecule has 246 valence electrons. The standard InChI is InChI=1S/C18H28O2.C17H26O2.2C2H6/c1-17(2,3)16-15(20-11-10-18(16,4)5)13-8-7-9-14(12-13)19-6;1-16(2,3)15-14(19-10-9-17(15,4)5)12-7-6-8-13(18)11-12;2*1-2/h7-9,12,15-16H,10-11H2,1-6H3;6-8,11,14-15,18H,9-10H2,1-5H3;2*1-2H3. The summed E-state index contributed by atoms with van der Waals surface area (Å²) in [6.45, 7) is 32.8. The number of phenolic OH excluding ortho intramolecular Hbond substituents is 1. The Kier molecular flexibility index (Phi) is 14.8. The maximum Gasteiger partial charge on any atom is 0.119 e. The van der Waals surface area contributed by atoms with Gasteiger partial charge in [0.2, 0.25) is 0 Å². The van der Waals surface area contributed by atoms with Crippen LogP contribution in [0.4, 0.5) is 0 Å². The van der Waals surface area contributed by atoms with Crippen LogP contribution in [0.5, 0.6) is 11.5 Å². The van der Waals surface area contributed by atoms with Crippen LogP contribution in [-0.4, -0.2) is 25.4 Å². The Morgan fingerprint density at radius 2 is 1.07 bits per heavy atom. The first-order valence-electron chi connectivity index (χ1n) is 16.6. The maximum absolute atomic E-state index is 9.71. The predicted octanol–water partition coefficient (Wildman–Crippen LogP) is 11.4. The van der Waals surface area contributed by atoms with Crippen molar-refractivity contribution in [2.45, 2.75) is 122 Å². The van der Waals surface area contributed by atoms with Gasteiger partial charge in [-0.2, -0.15) is 0 Å². The van der Waals surface area contributed by atoms with Gasteiger partial charge in [0.1, 0.15) is 11.5 Å². The van der Waals surface area contributed by atoms with E-state index in [-0.39, 0.29) is 33.9 Å². The summed E-state index contributed by atoms with van der Waals surface area (Å²) in [4.78, 5) is 0. The van der Waals surface area contributed by atoms with Gasteiger partial charge in [0.15, 0.2) is 0 Å². The molecule has 0 saturated carbocycles. The highest BCUT2D eigenvalue weighted by molar-refractivity contribution is 5.31. The van der Waals surface area contributed by atoms with Crippen molar-refractivity contribution in [1.82, 2.24) is 0 Å². The third-order valence-electron chi connectivity index (χ3n) is 8.86. The molecule has 0 amide bonds. The lowest BCUT2D eigenvalue weighted by Crippen LogP contribution is -2.44. The number of ether oxygens (including phenoxy) is 3. The summed E-state index contributed by atoms with van der Waals surface area (Å²) in [7, 11) is 1.71. The molecular formula is C39H66O4. The highest BCUT2D eigenvalue weighted by Crippen LogP contribution is 2.54. The van der Waals surface area contributed by atoms with Gasteiger partial charge in [0.25, 0.3) is 0 Å². The SMILES string of the molecule is CC.CC.CC(C)(C)C1C(c2cccc(O)c2)OCCC1(C)C.COc1cccc(C2OCCC(C)(C)C2C(C)(C)C)c1. The summed E-state index contributed by atoms with van der Waals surface area (Å²) in [5.74, 6) is 2.13. The normalized spacial score (nSPS) is 24.5. The molecule has 0 bridgehead atoms. The summed E-state index contributed by atoms with van der Waals surface area (Å²) in [6, 6.07) is 15.8. The van der Waals surface area contributed by atoms with Crippen LogP contribution in [0.25, 0.3) is 0 Å². The van der Waals surface area contributed by atoms with E-state index in [1.165, 1.54) is 5.56 Å². The second-order valence-corrected chi connectivity index (χ2v) is 15.1. The predicted molar refractivity (Wildman–Crippen MR) is 184 cm³/mol. The minimum atomic E-state index is 0.0656. The van der Waals surface area contributed by atoms with Crippen molar-refractivity contribution in [2.24, 2.45) is 33.5 Å². The molecule has 2 fully saturated rings. The van der Waals surface area contributed by atoms with Crippen molar-refractivity contribution in [3.8, 4) is 11.5 Å². The fourth-order valence-corrected chi connectivity index (χ4v) is 7.57. The summed E-state index contributed by atoms with van der Waals surface area (Å²) in [5.41, 5.74) is 3.22. The Balaban J connectivity index is 0.000000386. The van der Waals surface area contributed by atoms with Gasteiger partial charge in [-0.05, 0) is 81.7 Å². The molecule has 4 rings (SSSR count). The molecule has 4 heteroatoms. The lowest BCUT2D eigenvalue weighted by Gasteiger charge is -2.50. The number of rotatable bonds is 3. The van der Waals surface area contributed by atoms with E-state index in [0.29, 0.717) is 17.6 Å². The van der Waals surface area contributed by atoms with Crippen LogP contribution in [0, 0.1) is 33.5 Å². The quantitative estimate of drug-likeness (QED) is 0.382. The minimum Gasteiger partial charge on any atom is -0.508 e. The molecule has 2 saturated heterocycles. The molecule has 2 aliphatic rings. The van der Waals surface area contributed by atoms with Crippen molar-refractivity contribution in [3.05, 3.63) is 59.7 Å². The molecule has 0 aromatic heterocycles. The van der Waals surface area contributed by atoms with Crippen molar-refractivity contribution >= 4 is 0 Å². The first-order valence-corrected chi connectivity index (χ1v) is 16.6. The number of phenols is 1. The van der Waals surface area contributed by atoms with Gasteiger partial charge in [-0.15, -0.1) is 0 Å². The monoisotopic (exact) mass is 598 g/mol. The number of benzene rings is 2. The van der Waals surface area contributed by atoms with E-state index in [1.54, 1.807) is 13.2 Å². The molecule has 4 nitrogen and oxygen atoms in total. The molecule has 0 radical (unpaired) electrons. The van der Waals surface area contributed by atoms with Crippen LogP contribution in [0.15, 0.2) is 48.5 Å². The summed E-state index contributed by atoms with van der Waals surface area (Å²) < 4.78 is 17.6. The van der Waals surface area contributed by atoms with E-state index in [2.05, 4.69) is 93.5 Å². The lowest BCUT2D eigenvalue weighted by molar-refractivity contribution is -0.131. The number of methoxy groups -OCH3 is 1. The van der Waals surface area contributed by atoms with Gasteiger partial charge < -0.3 is 19.3 Å².